The van der Waals surface area contributed by atoms with Crippen LogP contribution in [0.15, 0.2) is 48.5 Å². The lowest BCUT2D eigenvalue weighted by Crippen LogP contribution is -2.28. The molecule has 0 saturated carbocycles. The molecule has 0 bridgehead atoms. The van der Waals surface area contributed by atoms with Gasteiger partial charge in [-0.05, 0) is 55.0 Å². The zero-order chi connectivity index (χ0) is 23.8. The largest absolute Gasteiger partial charge is 0.462 e. The smallest absolute Gasteiger partial charge is 0.338 e. The summed E-state index contributed by atoms with van der Waals surface area (Å²) in [5.41, 5.74) is 1.29. The Balaban J connectivity index is 1.45. The molecule has 1 aliphatic rings. The molecule has 2 aromatic rings. The Labute approximate surface area is 190 Å². The predicted octanol–water partition coefficient (Wildman–Crippen LogP) is 3.32. The van der Waals surface area contributed by atoms with E-state index in [0.29, 0.717) is 23.5 Å². The summed E-state index contributed by atoms with van der Waals surface area (Å²) < 4.78 is 23.3. The third-order valence-electron chi connectivity index (χ3n) is 5.08. The van der Waals surface area contributed by atoms with Crippen LogP contribution in [0, 0.1) is 11.7 Å². The normalized spacial score (nSPS) is 15.3. The molecule has 33 heavy (non-hydrogen) atoms. The van der Waals surface area contributed by atoms with Crippen molar-refractivity contribution in [3.8, 4) is 0 Å². The molecule has 2 aromatic carbocycles. The Hall–Kier alpha value is -3.75. The van der Waals surface area contributed by atoms with Crippen LogP contribution in [0.1, 0.15) is 36.5 Å². The third kappa shape index (κ3) is 6.61. The number of nitrogens with one attached hydrogen (secondary N) is 1. The van der Waals surface area contributed by atoms with Gasteiger partial charge in [-0.2, -0.15) is 0 Å². The van der Waals surface area contributed by atoms with Crippen LogP contribution in [0.25, 0.3) is 0 Å². The van der Waals surface area contributed by atoms with Gasteiger partial charge < -0.3 is 19.7 Å². The second-order valence-electron chi connectivity index (χ2n) is 7.60. The number of nitrogens with zero attached hydrogens (tertiary/aromatic N) is 1. The van der Waals surface area contributed by atoms with Crippen LogP contribution in [-0.4, -0.2) is 43.5 Å². The number of hydrogen-bond donors (Lipinski definition) is 1. The maximum atomic E-state index is 13.1. The number of amides is 2. The molecule has 0 aromatic heterocycles. The number of ether oxygens (including phenoxy) is 2. The number of hydrogen-bond acceptors (Lipinski definition) is 6. The molecule has 1 aliphatic heterocycles. The molecule has 1 N–H and O–H groups in total. The van der Waals surface area contributed by atoms with E-state index in [1.807, 2.05) is 6.92 Å². The van der Waals surface area contributed by atoms with Crippen molar-refractivity contribution in [3.63, 3.8) is 0 Å². The standard InChI is InChI=1S/C24H25FN2O6/c1-2-3-12-32-23(30)16-4-8-19(9-5-16)26-21(28)15-33-24(31)17-13-22(29)27(14-17)20-10-6-18(25)7-11-20/h4-11,17H,2-3,12-15H2,1H3,(H,26,28)/t17-/m0/s1. The fraction of sp³-hybridized carbons (Fsp3) is 0.333. The van der Waals surface area contributed by atoms with E-state index in [0.717, 1.165) is 12.8 Å². The van der Waals surface area contributed by atoms with Gasteiger partial charge >= 0.3 is 11.9 Å². The first-order valence-corrected chi connectivity index (χ1v) is 10.7. The number of unbranched alkanes of at least 4 members (excludes halogenated alkanes) is 1. The summed E-state index contributed by atoms with van der Waals surface area (Å²) in [4.78, 5) is 49.9. The lowest BCUT2D eigenvalue weighted by atomic mass is 10.1. The number of halogens is 1. The SMILES string of the molecule is CCCCOC(=O)c1ccc(NC(=O)COC(=O)[C@H]2CC(=O)N(c3ccc(F)cc3)C2)cc1. The minimum Gasteiger partial charge on any atom is -0.462 e. The summed E-state index contributed by atoms with van der Waals surface area (Å²) in [6, 6.07) is 11.6. The van der Waals surface area contributed by atoms with Crippen molar-refractivity contribution >= 4 is 35.1 Å². The van der Waals surface area contributed by atoms with Gasteiger partial charge in [-0.15, -0.1) is 0 Å². The van der Waals surface area contributed by atoms with Crippen molar-refractivity contribution in [1.29, 1.82) is 0 Å². The minimum absolute atomic E-state index is 0.0480. The lowest BCUT2D eigenvalue weighted by Gasteiger charge is -2.16. The summed E-state index contributed by atoms with van der Waals surface area (Å²) in [5, 5.41) is 2.57. The van der Waals surface area contributed by atoms with Crippen LogP contribution in [0.4, 0.5) is 15.8 Å². The lowest BCUT2D eigenvalue weighted by molar-refractivity contribution is -0.151. The molecular weight excluding hydrogens is 431 g/mol. The highest BCUT2D eigenvalue weighted by molar-refractivity contribution is 6.00. The van der Waals surface area contributed by atoms with Gasteiger partial charge in [0.15, 0.2) is 6.61 Å². The molecule has 1 fully saturated rings. The first-order chi connectivity index (χ1) is 15.9. The number of benzene rings is 2. The second-order valence-corrected chi connectivity index (χ2v) is 7.60. The molecule has 0 unspecified atom stereocenters. The monoisotopic (exact) mass is 456 g/mol. The summed E-state index contributed by atoms with van der Waals surface area (Å²) in [6.07, 6.45) is 1.66. The molecule has 8 nitrogen and oxygen atoms in total. The Morgan fingerprint density at radius 2 is 1.76 bits per heavy atom. The highest BCUT2D eigenvalue weighted by atomic mass is 19.1. The molecule has 0 spiro atoms. The third-order valence-corrected chi connectivity index (χ3v) is 5.08. The van der Waals surface area contributed by atoms with E-state index in [2.05, 4.69) is 5.32 Å². The molecule has 1 heterocycles. The Bertz CT molecular complexity index is 1010. The number of rotatable bonds is 9. The van der Waals surface area contributed by atoms with E-state index in [1.165, 1.54) is 41.3 Å². The number of carbonyl (C=O) groups excluding carboxylic acids is 4. The molecule has 1 saturated heterocycles. The predicted molar refractivity (Wildman–Crippen MR) is 118 cm³/mol. The topological polar surface area (TPSA) is 102 Å². The molecule has 9 heteroatoms. The van der Waals surface area contributed by atoms with E-state index in [1.54, 1.807) is 12.1 Å². The van der Waals surface area contributed by atoms with Gasteiger partial charge in [-0.1, -0.05) is 13.3 Å². The summed E-state index contributed by atoms with van der Waals surface area (Å²) in [5.74, 6) is -3.06. The van der Waals surface area contributed by atoms with Gasteiger partial charge in [0.2, 0.25) is 5.91 Å². The first kappa shape index (κ1) is 23.9. The van der Waals surface area contributed by atoms with E-state index in [-0.39, 0.29) is 18.9 Å². The number of esters is 2. The van der Waals surface area contributed by atoms with Crippen LogP contribution in [0.3, 0.4) is 0 Å². The van der Waals surface area contributed by atoms with Crippen LogP contribution < -0.4 is 10.2 Å². The molecule has 1 atom stereocenters. The Morgan fingerprint density at radius 1 is 1.06 bits per heavy atom. The van der Waals surface area contributed by atoms with Gasteiger partial charge in [0.1, 0.15) is 5.82 Å². The van der Waals surface area contributed by atoms with E-state index >= 15 is 0 Å². The summed E-state index contributed by atoms with van der Waals surface area (Å²) >= 11 is 0. The maximum Gasteiger partial charge on any atom is 0.338 e. The van der Waals surface area contributed by atoms with Crippen LogP contribution in [-0.2, 0) is 23.9 Å². The van der Waals surface area contributed by atoms with Crippen molar-refractivity contribution in [2.45, 2.75) is 26.2 Å². The van der Waals surface area contributed by atoms with Gasteiger partial charge in [0.05, 0.1) is 18.1 Å². The van der Waals surface area contributed by atoms with Crippen LogP contribution in [0.5, 0.6) is 0 Å². The fourth-order valence-electron chi connectivity index (χ4n) is 3.27. The molecule has 2 amide bonds. The molecule has 174 valence electrons. The quantitative estimate of drug-likeness (QED) is 0.459. The number of carbonyl (C=O) groups is 4. The van der Waals surface area contributed by atoms with E-state index in [9.17, 15) is 23.6 Å². The van der Waals surface area contributed by atoms with Crippen molar-refractivity contribution in [2.24, 2.45) is 5.92 Å². The molecule has 3 rings (SSSR count). The summed E-state index contributed by atoms with van der Waals surface area (Å²) in [6.45, 7) is 1.94. The molecular formula is C24H25FN2O6. The van der Waals surface area contributed by atoms with E-state index in [4.69, 9.17) is 9.47 Å². The zero-order valence-electron chi connectivity index (χ0n) is 18.2. The zero-order valence-corrected chi connectivity index (χ0v) is 18.2. The second kappa shape index (κ2) is 11.2. The molecule has 0 aliphatic carbocycles. The minimum atomic E-state index is -0.714. The van der Waals surface area contributed by atoms with Gasteiger partial charge in [0, 0.05) is 24.3 Å². The average Bonchev–Trinajstić information content (AvgIpc) is 3.20. The van der Waals surface area contributed by atoms with Gasteiger partial charge in [-0.3, -0.25) is 14.4 Å². The Morgan fingerprint density at radius 3 is 2.42 bits per heavy atom. The summed E-state index contributed by atoms with van der Waals surface area (Å²) in [7, 11) is 0. The van der Waals surface area contributed by atoms with Crippen molar-refractivity contribution < 1.29 is 33.0 Å². The highest BCUT2D eigenvalue weighted by Gasteiger charge is 2.36. The van der Waals surface area contributed by atoms with Crippen LogP contribution in [0.2, 0.25) is 0 Å². The van der Waals surface area contributed by atoms with Crippen LogP contribution >= 0.6 is 0 Å². The highest BCUT2D eigenvalue weighted by Crippen LogP contribution is 2.26. The van der Waals surface area contributed by atoms with Crippen molar-refractivity contribution in [1.82, 2.24) is 0 Å². The maximum absolute atomic E-state index is 13.1. The van der Waals surface area contributed by atoms with Crippen molar-refractivity contribution in [2.75, 3.05) is 30.0 Å². The average molecular weight is 456 g/mol. The van der Waals surface area contributed by atoms with Crippen molar-refractivity contribution in [3.05, 3.63) is 59.9 Å². The number of anilines is 2. The van der Waals surface area contributed by atoms with Gasteiger partial charge in [-0.25, -0.2) is 9.18 Å². The first-order valence-electron chi connectivity index (χ1n) is 10.7. The molecule has 0 radical (unpaired) electrons. The Kier molecular flexibility index (Phi) is 8.12. The van der Waals surface area contributed by atoms with E-state index < -0.39 is 36.2 Å². The fourth-order valence-corrected chi connectivity index (χ4v) is 3.27. The van der Waals surface area contributed by atoms with Gasteiger partial charge in [0.25, 0.3) is 5.91 Å².